The number of aromatic nitrogens is 1. The van der Waals surface area contributed by atoms with E-state index in [9.17, 15) is 9.90 Å². The van der Waals surface area contributed by atoms with E-state index < -0.39 is 0 Å². The van der Waals surface area contributed by atoms with Gasteiger partial charge in [-0.2, -0.15) is 0 Å². The molecule has 1 aliphatic heterocycles. The molecule has 0 saturated carbocycles. The number of phenolic OH excluding ortho intramolecular Hbond substituents is 1. The molecular formula is C26H29N3O2. The summed E-state index contributed by atoms with van der Waals surface area (Å²) in [5, 5.41) is 11.0. The van der Waals surface area contributed by atoms with Gasteiger partial charge in [0.1, 0.15) is 5.75 Å². The highest BCUT2D eigenvalue weighted by atomic mass is 16.3. The van der Waals surface area contributed by atoms with Crippen molar-refractivity contribution in [3.8, 4) is 5.75 Å². The second-order valence-corrected chi connectivity index (χ2v) is 8.60. The maximum absolute atomic E-state index is 13.3. The molecule has 1 amide bonds. The molecular weight excluding hydrogens is 386 g/mol. The highest BCUT2D eigenvalue weighted by molar-refractivity contribution is 5.99. The molecule has 5 nitrogen and oxygen atoms in total. The molecule has 0 unspecified atom stereocenters. The molecule has 0 saturated heterocycles. The largest absolute Gasteiger partial charge is 0.508 e. The van der Waals surface area contributed by atoms with Gasteiger partial charge in [-0.25, -0.2) is 0 Å². The van der Waals surface area contributed by atoms with E-state index in [0.717, 1.165) is 37.1 Å². The molecule has 2 aromatic carbocycles. The normalized spacial score (nSPS) is 20.4. The fraction of sp³-hybridized carbons (Fsp3) is 0.346. The van der Waals surface area contributed by atoms with Gasteiger partial charge in [0, 0.05) is 49.3 Å². The molecule has 0 fully saturated rings. The zero-order chi connectivity index (χ0) is 21.5. The summed E-state index contributed by atoms with van der Waals surface area (Å²) in [5.74, 6) is 0.330. The first-order valence-corrected chi connectivity index (χ1v) is 11.2. The van der Waals surface area contributed by atoms with Crippen LogP contribution >= 0.6 is 0 Å². The summed E-state index contributed by atoms with van der Waals surface area (Å²) in [6.07, 6.45) is 5.31. The molecule has 2 atom stereocenters. The van der Waals surface area contributed by atoms with Crippen LogP contribution in [-0.4, -0.2) is 51.5 Å². The minimum absolute atomic E-state index is 0.154. The van der Waals surface area contributed by atoms with Crippen molar-refractivity contribution in [1.29, 1.82) is 0 Å². The third-order valence-corrected chi connectivity index (χ3v) is 6.84. The van der Waals surface area contributed by atoms with Crippen molar-refractivity contribution in [3.63, 3.8) is 0 Å². The number of nitrogens with one attached hydrogen (secondary N) is 1. The summed E-state index contributed by atoms with van der Waals surface area (Å²) in [4.78, 5) is 21.1. The van der Waals surface area contributed by atoms with Crippen molar-refractivity contribution in [2.45, 2.75) is 32.9 Å². The average molecular weight is 416 g/mol. The minimum atomic E-state index is -0.154. The van der Waals surface area contributed by atoms with Crippen LogP contribution in [-0.2, 0) is 17.8 Å². The Morgan fingerprint density at radius 2 is 1.94 bits per heavy atom. The third-order valence-electron chi connectivity index (χ3n) is 6.84. The molecule has 2 aliphatic rings. The molecule has 5 heteroatoms. The van der Waals surface area contributed by atoms with E-state index in [1.165, 1.54) is 22.1 Å². The van der Waals surface area contributed by atoms with E-state index >= 15 is 0 Å². The predicted octanol–water partition coefficient (Wildman–Crippen LogP) is 4.18. The van der Waals surface area contributed by atoms with Gasteiger partial charge in [0.05, 0.1) is 5.92 Å². The number of H-pyrrole nitrogens is 1. The molecule has 1 aromatic heterocycles. The van der Waals surface area contributed by atoms with Gasteiger partial charge in [-0.05, 0) is 60.7 Å². The summed E-state index contributed by atoms with van der Waals surface area (Å²) in [5.41, 5.74) is 6.17. The van der Waals surface area contributed by atoms with Gasteiger partial charge in [-0.3, -0.25) is 9.69 Å². The molecule has 0 radical (unpaired) electrons. The maximum Gasteiger partial charge on any atom is 0.230 e. The molecule has 5 rings (SSSR count). The topological polar surface area (TPSA) is 59.6 Å². The second kappa shape index (κ2) is 7.89. The molecule has 160 valence electrons. The number of benzene rings is 2. The van der Waals surface area contributed by atoms with Crippen LogP contribution in [0.15, 0.2) is 54.7 Å². The van der Waals surface area contributed by atoms with Crippen LogP contribution in [0.4, 0.5) is 0 Å². The minimum Gasteiger partial charge on any atom is -0.508 e. The lowest BCUT2D eigenvalue weighted by atomic mass is 9.79. The fourth-order valence-corrected chi connectivity index (χ4v) is 5.26. The average Bonchev–Trinajstić information content (AvgIpc) is 3.21. The molecule has 2 heterocycles. The highest BCUT2D eigenvalue weighted by Crippen LogP contribution is 2.42. The Bertz CT molecular complexity index is 1140. The van der Waals surface area contributed by atoms with Gasteiger partial charge in [-0.15, -0.1) is 0 Å². The van der Waals surface area contributed by atoms with E-state index in [0.29, 0.717) is 6.54 Å². The molecule has 31 heavy (non-hydrogen) atoms. The highest BCUT2D eigenvalue weighted by Gasteiger charge is 2.38. The Hall–Kier alpha value is -3.05. The molecule has 0 spiro atoms. The zero-order valence-corrected chi connectivity index (χ0v) is 18.1. The number of carbonyl (C=O) groups excluding carboxylic acids is 1. The van der Waals surface area contributed by atoms with Crippen LogP contribution in [0, 0.1) is 5.92 Å². The number of phenols is 1. The first-order chi connectivity index (χ1) is 15.1. The van der Waals surface area contributed by atoms with Crippen LogP contribution < -0.4 is 0 Å². The Labute approximate surface area is 183 Å². The number of fused-ring (bicyclic) bond motifs is 2. The summed E-state index contributed by atoms with van der Waals surface area (Å²) in [7, 11) is 0. The van der Waals surface area contributed by atoms with E-state index in [-0.39, 0.29) is 23.6 Å². The Balaban J connectivity index is 1.57. The van der Waals surface area contributed by atoms with Crippen molar-refractivity contribution in [2.75, 3.05) is 19.6 Å². The molecule has 2 N–H and O–H groups in total. The lowest BCUT2D eigenvalue weighted by Gasteiger charge is -2.42. The van der Waals surface area contributed by atoms with Crippen LogP contribution in [0.3, 0.4) is 0 Å². The molecule has 0 bridgehead atoms. The van der Waals surface area contributed by atoms with Crippen molar-refractivity contribution < 1.29 is 9.90 Å². The first kappa shape index (κ1) is 19.9. The van der Waals surface area contributed by atoms with Crippen molar-refractivity contribution >= 4 is 22.4 Å². The van der Waals surface area contributed by atoms with E-state index in [2.05, 4.69) is 40.4 Å². The molecule has 1 aliphatic carbocycles. The number of carbonyl (C=O) groups is 1. The number of aromatic amines is 1. The van der Waals surface area contributed by atoms with Gasteiger partial charge in [-0.1, -0.05) is 30.3 Å². The van der Waals surface area contributed by atoms with Gasteiger partial charge >= 0.3 is 0 Å². The number of nitrogens with zero attached hydrogens (tertiary/aromatic N) is 2. The lowest BCUT2D eigenvalue weighted by Crippen LogP contribution is -2.48. The van der Waals surface area contributed by atoms with E-state index in [1.54, 1.807) is 12.1 Å². The maximum atomic E-state index is 13.3. The summed E-state index contributed by atoms with van der Waals surface area (Å²) in [6.45, 7) is 7.01. The number of amides is 1. The van der Waals surface area contributed by atoms with Crippen LogP contribution in [0.2, 0.25) is 0 Å². The Kier molecular flexibility index (Phi) is 5.06. The van der Waals surface area contributed by atoms with Crippen molar-refractivity contribution in [2.24, 2.45) is 5.92 Å². The number of rotatable bonds is 5. The van der Waals surface area contributed by atoms with E-state index in [4.69, 9.17) is 0 Å². The van der Waals surface area contributed by atoms with Crippen molar-refractivity contribution in [3.05, 3.63) is 71.4 Å². The summed E-state index contributed by atoms with van der Waals surface area (Å²) >= 11 is 0. The number of aromatic hydroxyl groups is 1. The van der Waals surface area contributed by atoms with E-state index in [1.807, 2.05) is 30.9 Å². The SMILES string of the molecule is CCN(CC)C(=O)[C@@H]1C=C2c3cccc4[nH]cc(c34)C[C@H]2N(Cc2ccc(O)cc2)C1. The number of hydrogen-bond acceptors (Lipinski definition) is 3. The van der Waals surface area contributed by atoms with Crippen LogP contribution in [0.25, 0.3) is 16.5 Å². The third kappa shape index (κ3) is 3.43. The number of hydrogen-bond donors (Lipinski definition) is 2. The Morgan fingerprint density at radius 3 is 2.68 bits per heavy atom. The van der Waals surface area contributed by atoms with Gasteiger partial charge in [0.15, 0.2) is 0 Å². The standard InChI is InChI=1S/C26H29N3O2/c1-3-28(4-2)26(31)19-12-22-21-6-5-7-23-25(21)18(14-27-23)13-24(22)29(16-19)15-17-8-10-20(30)11-9-17/h5-12,14,19,24,27,30H,3-4,13,15-16H2,1-2H3/t19-,24-/m1/s1. The van der Waals surface area contributed by atoms with Crippen molar-refractivity contribution in [1.82, 2.24) is 14.8 Å². The quantitative estimate of drug-likeness (QED) is 0.657. The fourth-order valence-electron chi connectivity index (χ4n) is 5.26. The smallest absolute Gasteiger partial charge is 0.230 e. The zero-order valence-electron chi connectivity index (χ0n) is 18.1. The Morgan fingerprint density at radius 1 is 1.16 bits per heavy atom. The summed E-state index contributed by atoms with van der Waals surface area (Å²) in [6, 6.07) is 14.1. The summed E-state index contributed by atoms with van der Waals surface area (Å²) < 4.78 is 0. The van der Waals surface area contributed by atoms with Gasteiger partial charge in [0.2, 0.25) is 5.91 Å². The second-order valence-electron chi connectivity index (χ2n) is 8.60. The van der Waals surface area contributed by atoms with Gasteiger partial charge in [0.25, 0.3) is 0 Å². The van der Waals surface area contributed by atoms with Crippen LogP contribution in [0.1, 0.15) is 30.5 Å². The lowest BCUT2D eigenvalue weighted by molar-refractivity contribution is -0.134. The molecule has 3 aromatic rings. The first-order valence-electron chi connectivity index (χ1n) is 11.2. The van der Waals surface area contributed by atoms with Crippen LogP contribution in [0.5, 0.6) is 5.75 Å². The predicted molar refractivity (Wildman–Crippen MR) is 124 cm³/mol. The monoisotopic (exact) mass is 415 g/mol. The van der Waals surface area contributed by atoms with Gasteiger partial charge < -0.3 is 15.0 Å².